The summed E-state index contributed by atoms with van der Waals surface area (Å²) >= 11 is 0. The van der Waals surface area contributed by atoms with Gasteiger partial charge in [-0.3, -0.25) is 0 Å². The molecule has 0 aliphatic carbocycles. The second-order valence-electron chi connectivity index (χ2n) is 17.3. The van der Waals surface area contributed by atoms with Crippen molar-refractivity contribution in [3.63, 3.8) is 0 Å². The maximum atomic E-state index is 6.80. The molecule has 0 fully saturated rings. The van der Waals surface area contributed by atoms with E-state index in [1.54, 1.807) is 0 Å². The van der Waals surface area contributed by atoms with Gasteiger partial charge < -0.3 is 19.1 Å². The zero-order valence-corrected chi connectivity index (χ0v) is 36.6. The van der Waals surface area contributed by atoms with Gasteiger partial charge in [-0.15, -0.1) is 53.6 Å². The number of nitrogens with zero attached hydrogens (tertiary/aromatic N) is 4. The first-order valence-corrected chi connectivity index (χ1v) is 19.7. The Morgan fingerprint density at radius 3 is 2.02 bits per heavy atom. The minimum absolute atomic E-state index is 0. The van der Waals surface area contributed by atoms with E-state index in [1.807, 2.05) is 12.3 Å². The predicted molar refractivity (Wildman–Crippen MR) is 237 cm³/mol. The van der Waals surface area contributed by atoms with Crippen LogP contribution < -0.4 is 14.5 Å². The summed E-state index contributed by atoms with van der Waals surface area (Å²) in [5.41, 5.74) is 13.2. The van der Waals surface area contributed by atoms with Gasteiger partial charge in [0.25, 0.3) is 0 Å². The summed E-state index contributed by atoms with van der Waals surface area (Å²) < 4.78 is 9.00. The molecule has 8 aromatic rings. The second-order valence-corrected chi connectivity index (χ2v) is 17.3. The maximum Gasteiger partial charge on any atom is 0.135 e. The van der Waals surface area contributed by atoms with E-state index >= 15 is 0 Å². The van der Waals surface area contributed by atoms with Crippen LogP contribution in [0.3, 0.4) is 0 Å². The standard InChI is InChI=1S/C52H47N4O.Pt/c1-34-25-48-49(26-35(34)2)55(33-54(48)40-18-14-17-37(27-40)36-15-10-9-11-16-36)41-28-39(52(6,7)8)29-43(31-41)57-42-21-22-45-44-19-12-13-20-46(44)56(47(45)32-42)50-30-38(23-24-53-50)51(3,4)5;/h9-30,33H,1-8H3;/q-3;. The molecule has 2 aromatic heterocycles. The second kappa shape index (κ2) is 14.9. The predicted octanol–water partition coefficient (Wildman–Crippen LogP) is 13.9. The quantitative estimate of drug-likeness (QED) is 0.156. The van der Waals surface area contributed by atoms with Crippen LogP contribution >= 0.6 is 0 Å². The third-order valence-electron chi connectivity index (χ3n) is 11.1. The monoisotopic (exact) mass is 938 g/mol. The van der Waals surface area contributed by atoms with Crippen LogP contribution in [-0.4, -0.2) is 9.55 Å². The summed E-state index contributed by atoms with van der Waals surface area (Å²) in [4.78, 5) is 9.40. The average molecular weight is 939 g/mol. The normalized spacial score (nSPS) is 12.9. The fourth-order valence-corrected chi connectivity index (χ4v) is 7.72. The molecule has 0 N–H and O–H groups in total. The maximum absolute atomic E-state index is 6.80. The molecule has 0 radical (unpaired) electrons. The molecular weight excluding hydrogens is 892 g/mol. The zero-order valence-electron chi connectivity index (χ0n) is 34.3. The summed E-state index contributed by atoms with van der Waals surface area (Å²) in [6.07, 6.45) is 1.91. The van der Waals surface area contributed by atoms with E-state index in [1.165, 1.54) is 27.8 Å². The molecule has 0 saturated heterocycles. The Morgan fingerprint density at radius 2 is 1.28 bits per heavy atom. The third kappa shape index (κ3) is 7.22. The summed E-state index contributed by atoms with van der Waals surface area (Å²) in [6.45, 7) is 19.9. The molecule has 1 aliphatic rings. The Labute approximate surface area is 357 Å². The van der Waals surface area contributed by atoms with Crippen molar-refractivity contribution in [2.45, 2.75) is 66.2 Å². The number of para-hydroxylation sites is 1. The summed E-state index contributed by atoms with van der Waals surface area (Å²) in [6, 6.07) is 52.5. The van der Waals surface area contributed by atoms with E-state index in [2.05, 4.69) is 210 Å². The first kappa shape index (κ1) is 39.2. The van der Waals surface area contributed by atoms with Gasteiger partial charge in [0.2, 0.25) is 0 Å². The van der Waals surface area contributed by atoms with Crippen molar-refractivity contribution in [3.8, 4) is 28.4 Å². The number of aryl methyl sites for hydroxylation is 2. The van der Waals surface area contributed by atoms with Crippen molar-refractivity contribution in [1.82, 2.24) is 9.55 Å². The number of benzene rings is 6. The average Bonchev–Trinajstić information content (AvgIpc) is 3.73. The molecule has 6 heteroatoms. The van der Waals surface area contributed by atoms with Gasteiger partial charge in [-0.05, 0) is 100 Å². The minimum atomic E-state index is -0.152. The van der Waals surface area contributed by atoms with E-state index in [0.717, 1.165) is 55.9 Å². The van der Waals surface area contributed by atoms with Gasteiger partial charge in [-0.1, -0.05) is 108 Å². The van der Waals surface area contributed by atoms with Crippen LogP contribution in [0.25, 0.3) is 38.8 Å². The van der Waals surface area contributed by atoms with Crippen LogP contribution in [-0.2, 0) is 31.9 Å². The molecule has 0 saturated carbocycles. The number of hydrogen-bond acceptors (Lipinski definition) is 4. The number of fused-ring (bicyclic) bond motifs is 4. The number of pyridine rings is 1. The summed E-state index contributed by atoms with van der Waals surface area (Å²) in [7, 11) is 0. The topological polar surface area (TPSA) is 33.5 Å². The van der Waals surface area contributed by atoms with Crippen LogP contribution in [0.2, 0.25) is 0 Å². The first-order chi connectivity index (χ1) is 27.3. The van der Waals surface area contributed by atoms with Crippen molar-refractivity contribution in [3.05, 3.63) is 175 Å². The number of hydrogen-bond donors (Lipinski definition) is 0. The Bertz CT molecular complexity index is 2810. The van der Waals surface area contributed by atoms with Crippen molar-refractivity contribution in [2.75, 3.05) is 9.80 Å². The van der Waals surface area contributed by atoms with E-state index in [0.29, 0.717) is 11.5 Å². The van der Waals surface area contributed by atoms with Crippen molar-refractivity contribution >= 4 is 44.6 Å². The Hall–Kier alpha value is -5.64. The first-order valence-electron chi connectivity index (χ1n) is 19.7. The molecule has 0 atom stereocenters. The molecule has 0 spiro atoms. The summed E-state index contributed by atoms with van der Waals surface area (Å²) in [5.74, 6) is 2.11. The smallest absolute Gasteiger partial charge is 0.135 e. The largest absolute Gasteiger partial charge is 0.509 e. The van der Waals surface area contributed by atoms with E-state index in [-0.39, 0.29) is 31.9 Å². The molecule has 294 valence electrons. The Balaban J connectivity index is 0.00000469. The van der Waals surface area contributed by atoms with Crippen molar-refractivity contribution in [2.24, 2.45) is 0 Å². The molecule has 6 aromatic carbocycles. The van der Waals surface area contributed by atoms with Gasteiger partial charge in [0.1, 0.15) is 5.82 Å². The van der Waals surface area contributed by atoms with Crippen LogP contribution in [0.1, 0.15) is 63.8 Å². The fourth-order valence-electron chi connectivity index (χ4n) is 7.72. The summed E-state index contributed by atoms with van der Waals surface area (Å²) in [5, 5.41) is 2.24. The number of rotatable bonds is 6. The van der Waals surface area contributed by atoms with Crippen molar-refractivity contribution in [1.29, 1.82) is 0 Å². The molecule has 3 heterocycles. The molecule has 1 aliphatic heterocycles. The van der Waals surface area contributed by atoms with Crippen LogP contribution in [0.4, 0.5) is 22.7 Å². The number of anilines is 4. The van der Waals surface area contributed by atoms with Gasteiger partial charge in [0.05, 0.1) is 0 Å². The van der Waals surface area contributed by atoms with Crippen LogP contribution in [0.15, 0.2) is 134 Å². The SMILES string of the molecule is Cc1cc2c(cc1C)N(c1cccc(-c3ccccc3)c1)[CH-]N2c1[c-]c(Oc2[c-]c3c(cc2)c2ccccc2n3-c2cc(C(C)(C)C)ccn2)cc(C(C)(C)C)c1.[Pt]. The van der Waals surface area contributed by atoms with Gasteiger partial charge >= 0.3 is 0 Å². The zero-order chi connectivity index (χ0) is 39.6. The number of ether oxygens (including phenoxy) is 1. The van der Waals surface area contributed by atoms with E-state index in [4.69, 9.17) is 9.72 Å². The number of aromatic nitrogens is 2. The van der Waals surface area contributed by atoms with Crippen molar-refractivity contribution < 1.29 is 25.8 Å². The Kier molecular flexibility index (Phi) is 10.1. The van der Waals surface area contributed by atoms with E-state index < -0.39 is 0 Å². The van der Waals surface area contributed by atoms with Gasteiger partial charge in [-0.25, -0.2) is 4.98 Å². The van der Waals surface area contributed by atoms with Crippen LogP contribution in [0, 0.1) is 32.6 Å². The Morgan fingerprint density at radius 1 is 0.586 bits per heavy atom. The molecule has 9 rings (SSSR count). The molecular formula is C52H47N4OPt-3. The minimum Gasteiger partial charge on any atom is -0.509 e. The molecule has 0 unspecified atom stereocenters. The third-order valence-corrected chi connectivity index (χ3v) is 11.1. The van der Waals surface area contributed by atoms with Gasteiger partial charge in [-0.2, -0.15) is 6.07 Å². The molecule has 58 heavy (non-hydrogen) atoms. The molecule has 0 amide bonds. The molecule has 5 nitrogen and oxygen atoms in total. The molecule has 0 bridgehead atoms. The van der Waals surface area contributed by atoms with Gasteiger partial charge in [0, 0.05) is 61.3 Å². The van der Waals surface area contributed by atoms with Gasteiger partial charge in [0.15, 0.2) is 0 Å². The fraction of sp³-hybridized carbons (Fsp3) is 0.192. The van der Waals surface area contributed by atoms with Crippen LogP contribution in [0.5, 0.6) is 11.5 Å². The van der Waals surface area contributed by atoms with E-state index in [9.17, 15) is 0 Å².